The smallest absolute Gasteiger partial charge is 0.326 e. The minimum atomic E-state index is -0.922. The number of halogens is 1. The highest BCUT2D eigenvalue weighted by Gasteiger charge is 2.30. The number of amides is 1. The van der Waals surface area contributed by atoms with Crippen molar-refractivity contribution in [3.63, 3.8) is 0 Å². The van der Waals surface area contributed by atoms with Crippen LogP contribution in [0.5, 0.6) is 0 Å². The molecule has 1 unspecified atom stereocenters. The van der Waals surface area contributed by atoms with E-state index in [0.29, 0.717) is 13.0 Å². The Bertz CT molecular complexity index is 542. The molecule has 0 aromatic heterocycles. The van der Waals surface area contributed by atoms with Crippen molar-refractivity contribution >= 4 is 33.9 Å². The summed E-state index contributed by atoms with van der Waals surface area (Å²) in [7, 11) is 0. The molecule has 0 spiro atoms. The summed E-state index contributed by atoms with van der Waals surface area (Å²) in [6.07, 6.45) is 5.41. The molecule has 0 bridgehead atoms. The second-order valence-electron chi connectivity index (χ2n) is 4.77. The molecule has 1 heterocycles. The lowest BCUT2D eigenvalue weighted by Gasteiger charge is -2.32. The molecular formula is C15H16BrNO3. The molecule has 2 rings (SSSR count). The van der Waals surface area contributed by atoms with Crippen molar-refractivity contribution < 1.29 is 14.7 Å². The first kappa shape index (κ1) is 14.8. The van der Waals surface area contributed by atoms with E-state index in [2.05, 4.69) is 15.9 Å². The first-order valence-electron chi connectivity index (χ1n) is 6.55. The van der Waals surface area contributed by atoms with Gasteiger partial charge in [0.05, 0.1) is 0 Å². The molecule has 1 aliphatic rings. The van der Waals surface area contributed by atoms with Crippen LogP contribution in [0.15, 0.2) is 34.8 Å². The standard InChI is InChI=1S/C15H16BrNO3/c16-12-5-3-4-11(10-12)7-8-14(18)17-9-2-1-6-13(17)15(19)20/h3-5,7-8,10,13H,1-2,6,9H2,(H,19,20)/b8-7+. The lowest BCUT2D eigenvalue weighted by molar-refractivity contribution is -0.150. The van der Waals surface area contributed by atoms with Gasteiger partial charge in [0, 0.05) is 17.1 Å². The Kier molecular flexibility index (Phi) is 4.95. The van der Waals surface area contributed by atoms with Gasteiger partial charge in [-0.2, -0.15) is 0 Å². The maximum Gasteiger partial charge on any atom is 0.326 e. The molecule has 1 fully saturated rings. The second kappa shape index (κ2) is 6.70. The highest BCUT2D eigenvalue weighted by Crippen LogP contribution is 2.18. The van der Waals surface area contributed by atoms with E-state index in [0.717, 1.165) is 22.9 Å². The Balaban J connectivity index is 2.08. The fourth-order valence-electron chi connectivity index (χ4n) is 2.33. The van der Waals surface area contributed by atoms with Crippen LogP contribution >= 0.6 is 15.9 Å². The molecule has 1 amide bonds. The zero-order valence-corrected chi connectivity index (χ0v) is 12.5. The Morgan fingerprint density at radius 2 is 2.15 bits per heavy atom. The van der Waals surface area contributed by atoms with Gasteiger partial charge in [0.25, 0.3) is 0 Å². The maximum atomic E-state index is 12.1. The number of carboxylic acid groups (broad SMARTS) is 1. The molecule has 5 heteroatoms. The zero-order chi connectivity index (χ0) is 14.5. The van der Waals surface area contributed by atoms with E-state index in [-0.39, 0.29) is 5.91 Å². The van der Waals surface area contributed by atoms with E-state index in [9.17, 15) is 9.59 Å². The van der Waals surface area contributed by atoms with E-state index in [4.69, 9.17) is 5.11 Å². The van der Waals surface area contributed by atoms with Gasteiger partial charge in [-0.25, -0.2) is 4.79 Å². The monoisotopic (exact) mass is 337 g/mol. The molecule has 0 saturated carbocycles. The van der Waals surface area contributed by atoms with Crippen LogP contribution in [-0.4, -0.2) is 34.5 Å². The van der Waals surface area contributed by atoms with Crippen LogP contribution in [0.3, 0.4) is 0 Å². The Hall–Kier alpha value is -1.62. The molecule has 0 radical (unpaired) electrons. The number of carbonyl (C=O) groups is 2. The molecule has 1 saturated heterocycles. The summed E-state index contributed by atoms with van der Waals surface area (Å²) in [4.78, 5) is 24.7. The van der Waals surface area contributed by atoms with E-state index >= 15 is 0 Å². The number of hydrogen-bond acceptors (Lipinski definition) is 2. The van der Waals surface area contributed by atoms with Gasteiger partial charge in [0.15, 0.2) is 0 Å². The van der Waals surface area contributed by atoms with Crippen molar-refractivity contribution in [1.29, 1.82) is 0 Å². The summed E-state index contributed by atoms with van der Waals surface area (Å²) in [5.74, 6) is -1.16. The summed E-state index contributed by atoms with van der Waals surface area (Å²) in [5.41, 5.74) is 0.900. The average molecular weight is 338 g/mol. The van der Waals surface area contributed by atoms with Crippen LogP contribution in [0.2, 0.25) is 0 Å². The van der Waals surface area contributed by atoms with Gasteiger partial charge in [-0.05, 0) is 43.0 Å². The molecule has 1 aromatic carbocycles. The van der Waals surface area contributed by atoms with Crippen molar-refractivity contribution in [1.82, 2.24) is 4.90 Å². The Labute approximate surface area is 126 Å². The van der Waals surface area contributed by atoms with Gasteiger partial charge in [0.1, 0.15) is 6.04 Å². The van der Waals surface area contributed by atoms with E-state index in [1.54, 1.807) is 6.08 Å². The first-order chi connectivity index (χ1) is 9.58. The highest BCUT2D eigenvalue weighted by molar-refractivity contribution is 9.10. The maximum absolute atomic E-state index is 12.1. The number of hydrogen-bond donors (Lipinski definition) is 1. The topological polar surface area (TPSA) is 57.6 Å². The van der Waals surface area contributed by atoms with Crippen molar-refractivity contribution in [2.24, 2.45) is 0 Å². The summed E-state index contributed by atoms with van der Waals surface area (Å²) < 4.78 is 0.938. The number of carboxylic acids is 1. The van der Waals surface area contributed by atoms with Gasteiger partial charge >= 0.3 is 5.97 Å². The summed E-state index contributed by atoms with van der Waals surface area (Å²) >= 11 is 3.37. The normalized spacial score (nSPS) is 19.2. The van der Waals surface area contributed by atoms with E-state index in [1.807, 2.05) is 24.3 Å². The van der Waals surface area contributed by atoms with Gasteiger partial charge < -0.3 is 10.0 Å². The van der Waals surface area contributed by atoms with Crippen molar-refractivity contribution in [2.75, 3.05) is 6.54 Å². The summed E-state index contributed by atoms with van der Waals surface area (Å²) in [5, 5.41) is 9.16. The lowest BCUT2D eigenvalue weighted by atomic mass is 10.0. The molecule has 1 aliphatic heterocycles. The van der Waals surface area contributed by atoms with Crippen molar-refractivity contribution in [3.8, 4) is 0 Å². The third-order valence-corrected chi connectivity index (χ3v) is 3.83. The van der Waals surface area contributed by atoms with Crippen LogP contribution < -0.4 is 0 Å². The predicted octanol–water partition coefficient (Wildman–Crippen LogP) is 2.93. The number of nitrogens with zero attached hydrogens (tertiary/aromatic N) is 1. The van der Waals surface area contributed by atoms with Crippen LogP contribution in [0.1, 0.15) is 24.8 Å². The van der Waals surface area contributed by atoms with E-state index in [1.165, 1.54) is 11.0 Å². The quantitative estimate of drug-likeness (QED) is 0.862. The largest absolute Gasteiger partial charge is 0.480 e. The summed E-state index contributed by atoms with van der Waals surface area (Å²) in [6, 6.07) is 6.89. The van der Waals surface area contributed by atoms with Gasteiger partial charge in [-0.3, -0.25) is 4.79 Å². The number of rotatable bonds is 3. The fourth-order valence-corrected chi connectivity index (χ4v) is 2.74. The first-order valence-corrected chi connectivity index (χ1v) is 7.34. The molecule has 0 aliphatic carbocycles. The van der Waals surface area contributed by atoms with Crippen molar-refractivity contribution in [2.45, 2.75) is 25.3 Å². The van der Waals surface area contributed by atoms with Crippen LogP contribution in [0, 0.1) is 0 Å². The predicted molar refractivity (Wildman–Crippen MR) is 80.2 cm³/mol. The number of likely N-dealkylation sites (tertiary alicyclic amines) is 1. The van der Waals surface area contributed by atoms with Gasteiger partial charge in [-0.15, -0.1) is 0 Å². The SMILES string of the molecule is O=C(O)C1CCCCN1C(=O)/C=C/c1cccc(Br)c1. The molecule has 4 nitrogen and oxygen atoms in total. The summed E-state index contributed by atoms with van der Waals surface area (Å²) in [6.45, 7) is 0.513. The van der Waals surface area contributed by atoms with Crippen molar-refractivity contribution in [3.05, 3.63) is 40.4 Å². The van der Waals surface area contributed by atoms with Gasteiger partial charge in [-0.1, -0.05) is 28.1 Å². The third-order valence-electron chi connectivity index (χ3n) is 3.34. The number of aliphatic carboxylic acids is 1. The van der Waals surface area contributed by atoms with E-state index < -0.39 is 12.0 Å². The number of benzene rings is 1. The third kappa shape index (κ3) is 3.70. The zero-order valence-electron chi connectivity index (χ0n) is 11.0. The Morgan fingerprint density at radius 3 is 2.85 bits per heavy atom. The lowest BCUT2D eigenvalue weighted by Crippen LogP contribution is -2.47. The molecular weight excluding hydrogens is 322 g/mol. The average Bonchev–Trinajstić information content (AvgIpc) is 2.45. The molecule has 106 valence electrons. The fraction of sp³-hybridized carbons (Fsp3) is 0.333. The Morgan fingerprint density at radius 1 is 1.35 bits per heavy atom. The number of piperidine rings is 1. The molecule has 20 heavy (non-hydrogen) atoms. The number of carbonyl (C=O) groups excluding carboxylic acids is 1. The van der Waals surface area contributed by atoms with Crippen LogP contribution in [-0.2, 0) is 9.59 Å². The van der Waals surface area contributed by atoms with Crippen LogP contribution in [0.4, 0.5) is 0 Å². The minimum absolute atomic E-state index is 0.239. The minimum Gasteiger partial charge on any atom is -0.480 e. The second-order valence-corrected chi connectivity index (χ2v) is 5.69. The van der Waals surface area contributed by atoms with Crippen LogP contribution in [0.25, 0.3) is 6.08 Å². The molecule has 1 aromatic rings. The molecule has 1 atom stereocenters. The highest BCUT2D eigenvalue weighted by atomic mass is 79.9. The molecule has 1 N–H and O–H groups in total. The van der Waals surface area contributed by atoms with Gasteiger partial charge in [0.2, 0.25) is 5.91 Å².